The zero-order valence-electron chi connectivity index (χ0n) is 23.5. The smallest absolute Gasteiger partial charge is 0.410 e. The molecule has 0 aromatic heterocycles. The van der Waals surface area contributed by atoms with Crippen LogP contribution in [0.15, 0.2) is 42.0 Å². The van der Waals surface area contributed by atoms with Crippen molar-refractivity contribution in [3.05, 3.63) is 70.3 Å². The summed E-state index contributed by atoms with van der Waals surface area (Å²) in [4.78, 5) is 15.6. The molecule has 5 rings (SSSR count). The lowest BCUT2D eigenvalue weighted by atomic mass is 9.84. The maximum Gasteiger partial charge on any atom is 0.410 e. The molecular weight excluding hydrogens is 505 g/mol. The molecule has 3 aliphatic rings. The summed E-state index contributed by atoms with van der Waals surface area (Å²) >= 11 is 0. The molecule has 2 aliphatic heterocycles. The molecule has 2 aromatic rings. The van der Waals surface area contributed by atoms with Crippen LogP contribution in [0.25, 0.3) is 5.57 Å². The highest BCUT2D eigenvalue weighted by molar-refractivity contribution is 5.79. The fourth-order valence-electron chi connectivity index (χ4n) is 5.92. The van der Waals surface area contributed by atoms with Crippen molar-refractivity contribution in [2.24, 2.45) is 0 Å². The number of halogens is 3. The number of benzene rings is 2. The van der Waals surface area contributed by atoms with Gasteiger partial charge in [0.05, 0.1) is 19.1 Å². The van der Waals surface area contributed by atoms with Crippen LogP contribution in [0.5, 0.6) is 5.75 Å². The fourth-order valence-corrected chi connectivity index (χ4v) is 5.92. The molecule has 1 saturated heterocycles. The number of amides is 1. The predicted molar refractivity (Wildman–Crippen MR) is 144 cm³/mol. The molecule has 2 heterocycles. The van der Waals surface area contributed by atoms with Gasteiger partial charge in [-0.05, 0) is 76.7 Å². The van der Waals surface area contributed by atoms with Crippen LogP contribution in [0.2, 0.25) is 0 Å². The summed E-state index contributed by atoms with van der Waals surface area (Å²) in [5.41, 5.74) is 2.04. The topological polar surface area (TPSA) is 42.0 Å². The minimum atomic E-state index is -1.55. The van der Waals surface area contributed by atoms with E-state index in [1.807, 2.05) is 30.0 Å². The van der Waals surface area contributed by atoms with Crippen LogP contribution in [0.4, 0.5) is 18.0 Å². The van der Waals surface area contributed by atoms with Gasteiger partial charge >= 0.3 is 6.09 Å². The Bertz CT molecular complexity index is 1280. The van der Waals surface area contributed by atoms with Crippen molar-refractivity contribution in [2.75, 3.05) is 19.6 Å². The number of alkyl halides is 1. The maximum absolute atomic E-state index is 15.8. The molecule has 0 bridgehead atoms. The third-order valence-electron chi connectivity index (χ3n) is 7.53. The third-order valence-corrected chi connectivity index (χ3v) is 7.53. The number of carbonyl (C=O) groups is 1. The second-order valence-electron chi connectivity index (χ2n) is 12.6. The van der Waals surface area contributed by atoms with Gasteiger partial charge in [0.1, 0.15) is 34.8 Å². The van der Waals surface area contributed by atoms with Crippen molar-refractivity contribution in [3.8, 4) is 5.75 Å². The van der Waals surface area contributed by atoms with Crippen LogP contribution < -0.4 is 4.74 Å². The van der Waals surface area contributed by atoms with Crippen molar-refractivity contribution in [3.63, 3.8) is 0 Å². The summed E-state index contributed by atoms with van der Waals surface area (Å²) in [6, 6.07) is 9.61. The molecule has 0 N–H and O–H groups in total. The Labute approximate surface area is 228 Å². The van der Waals surface area contributed by atoms with Crippen molar-refractivity contribution in [1.29, 1.82) is 0 Å². The Morgan fingerprint density at radius 2 is 1.69 bits per heavy atom. The average Bonchev–Trinajstić information content (AvgIpc) is 3.13. The number of rotatable bonds is 5. The molecule has 2 atom stereocenters. The molecular formula is C31H37F3N2O3. The van der Waals surface area contributed by atoms with Gasteiger partial charge in [-0.3, -0.25) is 4.90 Å². The lowest BCUT2D eigenvalue weighted by Gasteiger charge is -2.44. The molecule has 39 heavy (non-hydrogen) atoms. The van der Waals surface area contributed by atoms with E-state index in [-0.39, 0.29) is 43.1 Å². The Morgan fingerprint density at radius 3 is 2.31 bits per heavy atom. The zero-order valence-corrected chi connectivity index (χ0v) is 23.5. The quantitative estimate of drug-likeness (QED) is 0.414. The molecule has 0 radical (unpaired) electrons. The molecule has 1 aliphatic carbocycles. The summed E-state index contributed by atoms with van der Waals surface area (Å²) in [5.74, 6) is -1.39. The monoisotopic (exact) mass is 542 g/mol. The van der Waals surface area contributed by atoms with E-state index in [4.69, 9.17) is 9.47 Å². The average molecular weight is 543 g/mol. The van der Waals surface area contributed by atoms with Gasteiger partial charge in [0.2, 0.25) is 0 Å². The second kappa shape index (κ2) is 9.88. The van der Waals surface area contributed by atoms with Crippen LogP contribution in [0.3, 0.4) is 0 Å². The van der Waals surface area contributed by atoms with Gasteiger partial charge in [0.25, 0.3) is 0 Å². The van der Waals surface area contributed by atoms with E-state index in [1.54, 1.807) is 20.8 Å². The third kappa shape index (κ3) is 5.67. The first-order chi connectivity index (χ1) is 18.2. The minimum Gasteiger partial charge on any atom is -0.487 e. The van der Waals surface area contributed by atoms with Gasteiger partial charge in [-0.1, -0.05) is 24.3 Å². The highest BCUT2D eigenvalue weighted by Crippen LogP contribution is 2.50. The van der Waals surface area contributed by atoms with Gasteiger partial charge in [0.15, 0.2) is 0 Å². The molecule has 210 valence electrons. The Balaban J connectivity index is 1.41. The SMILES string of the molecule is C[C@@H]1CC2=C(Cc3ccccc32)[C@@H](c2c(F)cc(OC3CN(C(=O)OC(C)(C)C)C3)cc2F)N1CC(C)(C)F. The van der Waals surface area contributed by atoms with E-state index in [0.29, 0.717) is 12.8 Å². The zero-order chi connectivity index (χ0) is 28.3. The Hall–Kier alpha value is -3.00. The van der Waals surface area contributed by atoms with E-state index in [0.717, 1.165) is 22.3 Å². The minimum absolute atomic E-state index is 0.0473. The molecule has 8 heteroatoms. The van der Waals surface area contributed by atoms with E-state index in [1.165, 1.54) is 30.9 Å². The molecule has 1 fully saturated rings. The summed E-state index contributed by atoms with van der Waals surface area (Å²) < 4.78 is 57.8. The van der Waals surface area contributed by atoms with Crippen molar-refractivity contribution < 1.29 is 27.4 Å². The van der Waals surface area contributed by atoms with Gasteiger partial charge in [-0.2, -0.15) is 0 Å². The van der Waals surface area contributed by atoms with Crippen molar-refractivity contribution in [2.45, 2.75) is 83.8 Å². The predicted octanol–water partition coefficient (Wildman–Crippen LogP) is 6.86. The van der Waals surface area contributed by atoms with Crippen LogP contribution in [0, 0.1) is 11.6 Å². The number of hydrogen-bond donors (Lipinski definition) is 0. The molecule has 0 saturated carbocycles. The number of carbonyl (C=O) groups excluding carboxylic acids is 1. The molecule has 1 amide bonds. The number of likely N-dealkylation sites (tertiary alicyclic amines) is 1. The molecule has 2 aromatic carbocycles. The molecule has 5 nitrogen and oxygen atoms in total. The first-order valence-electron chi connectivity index (χ1n) is 13.6. The fraction of sp³-hybridized carbons (Fsp3) is 0.516. The van der Waals surface area contributed by atoms with Crippen LogP contribution in [-0.4, -0.2) is 58.9 Å². The van der Waals surface area contributed by atoms with Crippen molar-refractivity contribution in [1.82, 2.24) is 9.80 Å². The van der Waals surface area contributed by atoms with E-state index in [2.05, 4.69) is 6.07 Å². The molecule has 0 spiro atoms. The number of fused-ring (bicyclic) bond motifs is 2. The van der Waals surface area contributed by atoms with E-state index < -0.39 is 35.0 Å². The highest BCUT2D eigenvalue weighted by atomic mass is 19.1. The van der Waals surface area contributed by atoms with Crippen LogP contribution >= 0.6 is 0 Å². The van der Waals surface area contributed by atoms with E-state index in [9.17, 15) is 9.18 Å². The highest BCUT2D eigenvalue weighted by Gasteiger charge is 2.43. The summed E-state index contributed by atoms with van der Waals surface area (Å²) in [6.07, 6.45) is 0.434. The van der Waals surface area contributed by atoms with Crippen LogP contribution in [-0.2, 0) is 11.2 Å². The van der Waals surface area contributed by atoms with Crippen molar-refractivity contribution >= 4 is 11.7 Å². The summed E-state index contributed by atoms with van der Waals surface area (Å²) in [7, 11) is 0. The normalized spacial score (nSPS) is 21.9. The second-order valence-corrected chi connectivity index (χ2v) is 12.6. The van der Waals surface area contributed by atoms with Gasteiger partial charge < -0.3 is 14.4 Å². The lowest BCUT2D eigenvalue weighted by Crippen LogP contribution is -2.57. The largest absolute Gasteiger partial charge is 0.487 e. The lowest BCUT2D eigenvalue weighted by molar-refractivity contribution is -0.0223. The standard InChI is InChI=1S/C31H37F3N2O3/c1-18-11-23-22-10-8-7-9-19(22)12-24(23)28(36(18)17-31(5,6)34)27-25(32)13-20(14-26(27)33)38-21-15-35(16-21)29(37)39-30(2,3)4/h7-10,13-14,18,21,28H,11-12,15-17H2,1-6H3/t18-,28+/m1/s1. The number of ether oxygens (including phenoxy) is 2. The summed E-state index contributed by atoms with van der Waals surface area (Å²) in [6.45, 7) is 10.9. The number of nitrogens with zero attached hydrogens (tertiary/aromatic N) is 2. The maximum atomic E-state index is 15.8. The Morgan fingerprint density at radius 1 is 1.05 bits per heavy atom. The first-order valence-corrected chi connectivity index (χ1v) is 13.6. The Kier molecular flexibility index (Phi) is 6.98. The van der Waals surface area contributed by atoms with Gasteiger partial charge in [-0.25, -0.2) is 18.0 Å². The van der Waals surface area contributed by atoms with E-state index >= 15 is 8.78 Å². The first kappa shape index (κ1) is 27.6. The van der Waals surface area contributed by atoms with Gasteiger partial charge in [0, 0.05) is 30.3 Å². The molecule has 0 unspecified atom stereocenters. The van der Waals surface area contributed by atoms with Crippen LogP contribution in [0.1, 0.15) is 70.7 Å². The summed E-state index contributed by atoms with van der Waals surface area (Å²) in [5, 5.41) is 0. The number of hydrogen-bond acceptors (Lipinski definition) is 4. The van der Waals surface area contributed by atoms with Gasteiger partial charge in [-0.15, -0.1) is 0 Å².